The standard InChI is InChI=1S/C14H17N3O/c1-3-4-5-12-6-8-13(9-7-12)17-11(2)14(10-18)15-16-17/h6-10H,3-5H2,1-2H3. The molecule has 4 heteroatoms. The molecule has 0 fully saturated rings. The van der Waals surface area contributed by atoms with E-state index in [0.29, 0.717) is 5.69 Å². The molecule has 0 radical (unpaired) electrons. The molecule has 0 saturated heterocycles. The lowest BCUT2D eigenvalue weighted by atomic mass is 10.1. The Morgan fingerprint density at radius 3 is 2.56 bits per heavy atom. The minimum atomic E-state index is 0.394. The van der Waals surface area contributed by atoms with Crippen LogP contribution in [0.4, 0.5) is 0 Å². The highest BCUT2D eigenvalue weighted by atomic mass is 16.1. The molecule has 0 aliphatic heterocycles. The summed E-state index contributed by atoms with van der Waals surface area (Å²) in [4.78, 5) is 10.7. The van der Waals surface area contributed by atoms with Crippen LogP contribution in [0, 0.1) is 6.92 Å². The van der Waals surface area contributed by atoms with Crippen LogP contribution in [0.2, 0.25) is 0 Å². The number of carbonyl (C=O) groups is 1. The Kier molecular flexibility index (Phi) is 3.87. The Bertz CT molecular complexity index is 528. The number of aldehydes is 1. The number of carbonyl (C=O) groups excluding carboxylic acids is 1. The van der Waals surface area contributed by atoms with Gasteiger partial charge in [-0.1, -0.05) is 30.7 Å². The van der Waals surface area contributed by atoms with Gasteiger partial charge in [0.05, 0.1) is 11.4 Å². The first-order valence-electron chi connectivity index (χ1n) is 6.23. The maximum absolute atomic E-state index is 10.7. The van der Waals surface area contributed by atoms with Crippen molar-refractivity contribution in [3.05, 3.63) is 41.2 Å². The monoisotopic (exact) mass is 243 g/mol. The molecule has 94 valence electrons. The first-order valence-corrected chi connectivity index (χ1v) is 6.23. The molecule has 0 saturated carbocycles. The van der Waals surface area contributed by atoms with Crippen molar-refractivity contribution in [2.75, 3.05) is 0 Å². The quantitative estimate of drug-likeness (QED) is 0.759. The molecule has 0 bridgehead atoms. The van der Waals surface area contributed by atoms with Gasteiger partial charge in [0.1, 0.15) is 5.69 Å². The molecule has 2 aromatic rings. The van der Waals surface area contributed by atoms with Crippen LogP contribution in [0.25, 0.3) is 5.69 Å². The SMILES string of the molecule is CCCCc1ccc(-n2nnc(C=O)c2C)cc1. The normalized spacial score (nSPS) is 10.6. The number of nitrogens with zero attached hydrogens (tertiary/aromatic N) is 3. The fourth-order valence-corrected chi connectivity index (χ4v) is 1.88. The Morgan fingerprint density at radius 1 is 1.28 bits per heavy atom. The summed E-state index contributed by atoms with van der Waals surface area (Å²) in [5.41, 5.74) is 3.43. The third-order valence-electron chi connectivity index (χ3n) is 3.04. The molecule has 1 heterocycles. The van der Waals surface area contributed by atoms with Gasteiger partial charge in [-0.3, -0.25) is 4.79 Å². The lowest BCUT2D eigenvalue weighted by Gasteiger charge is -2.05. The minimum absolute atomic E-state index is 0.394. The second kappa shape index (κ2) is 5.58. The number of unbranched alkanes of at least 4 members (excludes halogenated alkanes) is 1. The van der Waals surface area contributed by atoms with Crippen molar-refractivity contribution in [3.8, 4) is 5.69 Å². The summed E-state index contributed by atoms with van der Waals surface area (Å²) >= 11 is 0. The second-order valence-corrected chi connectivity index (χ2v) is 4.36. The predicted molar refractivity (Wildman–Crippen MR) is 70.1 cm³/mol. The maximum Gasteiger partial charge on any atom is 0.172 e. The third-order valence-corrected chi connectivity index (χ3v) is 3.04. The van der Waals surface area contributed by atoms with Gasteiger partial charge in [-0.25, -0.2) is 4.68 Å². The molecule has 1 aromatic heterocycles. The van der Waals surface area contributed by atoms with Crippen LogP contribution in [0.5, 0.6) is 0 Å². The molecule has 2 rings (SSSR count). The van der Waals surface area contributed by atoms with Gasteiger partial charge < -0.3 is 0 Å². The number of aryl methyl sites for hydroxylation is 1. The van der Waals surface area contributed by atoms with E-state index in [1.807, 2.05) is 19.1 Å². The molecular weight excluding hydrogens is 226 g/mol. The van der Waals surface area contributed by atoms with Gasteiger partial charge in [0, 0.05) is 0 Å². The number of aromatic nitrogens is 3. The van der Waals surface area contributed by atoms with Crippen molar-refractivity contribution in [2.24, 2.45) is 0 Å². The summed E-state index contributed by atoms with van der Waals surface area (Å²) < 4.78 is 1.69. The van der Waals surface area contributed by atoms with Crippen molar-refractivity contribution in [1.29, 1.82) is 0 Å². The molecule has 0 amide bonds. The third kappa shape index (κ3) is 2.47. The van der Waals surface area contributed by atoms with Crippen LogP contribution >= 0.6 is 0 Å². The van der Waals surface area contributed by atoms with Crippen molar-refractivity contribution in [3.63, 3.8) is 0 Å². The van der Waals surface area contributed by atoms with E-state index in [-0.39, 0.29) is 0 Å². The van der Waals surface area contributed by atoms with E-state index in [2.05, 4.69) is 29.4 Å². The summed E-state index contributed by atoms with van der Waals surface area (Å²) in [6.45, 7) is 4.03. The largest absolute Gasteiger partial charge is 0.296 e. The zero-order valence-electron chi connectivity index (χ0n) is 10.8. The molecule has 0 unspecified atom stereocenters. The topological polar surface area (TPSA) is 47.8 Å². The van der Waals surface area contributed by atoms with E-state index in [4.69, 9.17) is 0 Å². The molecule has 0 aliphatic rings. The van der Waals surface area contributed by atoms with Crippen molar-refractivity contribution < 1.29 is 4.79 Å². The average Bonchev–Trinajstić information content (AvgIpc) is 2.78. The zero-order valence-corrected chi connectivity index (χ0v) is 10.8. The summed E-state index contributed by atoms with van der Waals surface area (Å²) in [5.74, 6) is 0. The highest BCUT2D eigenvalue weighted by molar-refractivity contribution is 5.73. The number of rotatable bonds is 5. The number of hydrogen-bond donors (Lipinski definition) is 0. The lowest BCUT2D eigenvalue weighted by Crippen LogP contribution is -1.99. The van der Waals surface area contributed by atoms with Gasteiger partial charge in [0.25, 0.3) is 0 Å². The highest BCUT2D eigenvalue weighted by Crippen LogP contribution is 2.13. The van der Waals surface area contributed by atoms with Crippen LogP contribution in [0.1, 0.15) is 41.5 Å². The summed E-state index contributed by atoms with van der Waals surface area (Å²) in [6, 6.07) is 8.24. The Morgan fingerprint density at radius 2 is 2.00 bits per heavy atom. The van der Waals surface area contributed by atoms with Gasteiger partial charge in [0.2, 0.25) is 0 Å². The van der Waals surface area contributed by atoms with E-state index >= 15 is 0 Å². The van der Waals surface area contributed by atoms with Crippen LogP contribution in [-0.4, -0.2) is 21.3 Å². The summed E-state index contributed by atoms with van der Waals surface area (Å²) in [6.07, 6.45) is 4.24. The van der Waals surface area contributed by atoms with Gasteiger partial charge in [-0.05, 0) is 37.5 Å². The smallest absolute Gasteiger partial charge is 0.172 e. The van der Waals surface area contributed by atoms with Crippen molar-refractivity contribution >= 4 is 6.29 Å². The van der Waals surface area contributed by atoms with E-state index < -0.39 is 0 Å². The van der Waals surface area contributed by atoms with Gasteiger partial charge in [0.15, 0.2) is 6.29 Å². The highest BCUT2D eigenvalue weighted by Gasteiger charge is 2.08. The molecule has 0 atom stereocenters. The van der Waals surface area contributed by atoms with Gasteiger partial charge >= 0.3 is 0 Å². The number of hydrogen-bond acceptors (Lipinski definition) is 3. The van der Waals surface area contributed by atoms with Crippen LogP contribution < -0.4 is 0 Å². The van der Waals surface area contributed by atoms with Crippen LogP contribution in [-0.2, 0) is 6.42 Å². The molecular formula is C14H17N3O. The fraction of sp³-hybridized carbons (Fsp3) is 0.357. The zero-order chi connectivity index (χ0) is 13.0. The Hall–Kier alpha value is -1.97. The van der Waals surface area contributed by atoms with Crippen LogP contribution in [0.3, 0.4) is 0 Å². The first kappa shape index (κ1) is 12.5. The lowest BCUT2D eigenvalue weighted by molar-refractivity contribution is 0.111. The van der Waals surface area contributed by atoms with E-state index in [1.54, 1.807) is 4.68 Å². The summed E-state index contributed by atoms with van der Waals surface area (Å²) in [7, 11) is 0. The average molecular weight is 243 g/mol. The second-order valence-electron chi connectivity index (χ2n) is 4.36. The van der Waals surface area contributed by atoms with E-state index in [1.165, 1.54) is 18.4 Å². The molecule has 0 N–H and O–H groups in total. The molecule has 0 aliphatic carbocycles. The van der Waals surface area contributed by atoms with E-state index in [9.17, 15) is 4.79 Å². The van der Waals surface area contributed by atoms with Crippen LogP contribution in [0.15, 0.2) is 24.3 Å². The predicted octanol–water partition coefficient (Wildman–Crippen LogP) is 2.73. The van der Waals surface area contributed by atoms with Crippen molar-refractivity contribution in [2.45, 2.75) is 33.1 Å². The summed E-state index contributed by atoms with van der Waals surface area (Å²) in [5, 5.41) is 7.81. The molecule has 18 heavy (non-hydrogen) atoms. The molecule has 0 spiro atoms. The number of benzene rings is 1. The van der Waals surface area contributed by atoms with Crippen molar-refractivity contribution in [1.82, 2.24) is 15.0 Å². The fourth-order valence-electron chi connectivity index (χ4n) is 1.88. The Balaban J connectivity index is 2.23. The molecule has 4 nitrogen and oxygen atoms in total. The minimum Gasteiger partial charge on any atom is -0.296 e. The molecule has 1 aromatic carbocycles. The first-order chi connectivity index (χ1) is 8.76. The van der Waals surface area contributed by atoms with Gasteiger partial charge in [-0.15, -0.1) is 5.10 Å². The van der Waals surface area contributed by atoms with Gasteiger partial charge in [-0.2, -0.15) is 0 Å². The maximum atomic E-state index is 10.7. The Labute approximate surface area is 107 Å². The van der Waals surface area contributed by atoms with E-state index in [0.717, 1.165) is 24.1 Å².